The number of benzene rings is 1. The predicted molar refractivity (Wildman–Crippen MR) is 146 cm³/mol. The van der Waals surface area contributed by atoms with Gasteiger partial charge in [0.15, 0.2) is 0 Å². The van der Waals surface area contributed by atoms with E-state index in [9.17, 15) is 9.59 Å². The summed E-state index contributed by atoms with van der Waals surface area (Å²) in [5, 5.41) is 0. The van der Waals surface area contributed by atoms with Crippen molar-refractivity contribution in [3.05, 3.63) is 51.9 Å². The average Bonchev–Trinajstić information content (AvgIpc) is 2.89. The maximum absolute atomic E-state index is 12.6. The van der Waals surface area contributed by atoms with Crippen LogP contribution < -0.4 is 15.4 Å². The number of unbranched alkanes of at least 4 members (excludes halogenated alkanes) is 4. The number of hydrogen-bond donors (Lipinski definition) is 1. The third-order valence-corrected chi connectivity index (χ3v) is 7.33. The van der Waals surface area contributed by atoms with Crippen molar-refractivity contribution in [1.82, 2.24) is 19.8 Å². The van der Waals surface area contributed by atoms with Crippen LogP contribution in [0, 0.1) is 6.92 Å². The molecule has 0 atom stereocenters. The third-order valence-electron chi connectivity index (χ3n) is 7.33. The number of aryl methyl sites for hydroxylation is 1. The molecule has 1 N–H and O–H groups in total. The van der Waals surface area contributed by atoms with Crippen molar-refractivity contribution < 1.29 is 4.79 Å². The van der Waals surface area contributed by atoms with Crippen molar-refractivity contribution in [3.8, 4) is 0 Å². The van der Waals surface area contributed by atoms with Gasteiger partial charge in [-0.2, -0.15) is 0 Å². The number of hydrogen-bond acceptors (Lipinski definition) is 6. The molecule has 8 heteroatoms. The number of piperazine rings is 2. The van der Waals surface area contributed by atoms with Crippen molar-refractivity contribution in [2.45, 2.75) is 58.9 Å². The Labute approximate surface area is 215 Å². The van der Waals surface area contributed by atoms with Gasteiger partial charge >= 0.3 is 0 Å². The molecular weight excluding hydrogens is 452 g/mol. The molecule has 0 spiro atoms. The first-order valence-electron chi connectivity index (χ1n) is 13.7. The number of carbonyl (C=O) groups is 1. The van der Waals surface area contributed by atoms with Crippen LogP contribution in [0.5, 0.6) is 0 Å². The molecule has 2 aliphatic rings. The highest BCUT2D eigenvalue weighted by Crippen LogP contribution is 2.19. The van der Waals surface area contributed by atoms with Gasteiger partial charge in [0, 0.05) is 77.1 Å². The fraction of sp³-hybridized carbons (Fsp3) is 0.607. The largest absolute Gasteiger partial charge is 0.369 e. The van der Waals surface area contributed by atoms with E-state index in [1.54, 1.807) is 6.07 Å². The molecule has 2 fully saturated rings. The van der Waals surface area contributed by atoms with Crippen LogP contribution in [-0.2, 0) is 11.3 Å². The van der Waals surface area contributed by atoms with Crippen molar-refractivity contribution >= 4 is 17.5 Å². The fourth-order valence-electron chi connectivity index (χ4n) is 5.15. The van der Waals surface area contributed by atoms with Gasteiger partial charge in [-0.3, -0.25) is 19.5 Å². The van der Waals surface area contributed by atoms with E-state index in [4.69, 9.17) is 4.98 Å². The van der Waals surface area contributed by atoms with E-state index in [1.165, 1.54) is 30.5 Å². The third kappa shape index (κ3) is 7.32. The summed E-state index contributed by atoms with van der Waals surface area (Å²) in [5.41, 5.74) is 3.26. The second-order valence-corrected chi connectivity index (χ2v) is 10.2. The van der Waals surface area contributed by atoms with Gasteiger partial charge in [-0.05, 0) is 31.0 Å². The van der Waals surface area contributed by atoms with E-state index < -0.39 is 0 Å². The lowest BCUT2D eigenvalue weighted by molar-refractivity contribution is -0.131. The molecule has 1 aromatic carbocycles. The van der Waals surface area contributed by atoms with Crippen LogP contribution >= 0.6 is 0 Å². The summed E-state index contributed by atoms with van der Waals surface area (Å²) in [6.07, 6.45) is 6.45. The SMILES string of the molecule is CCCCCCCC(=O)N1CCN(c2nc(CN3CCN(c4cccc(C)c4)CC3)cc(=O)[nH]2)CC1. The number of aromatic amines is 1. The van der Waals surface area contributed by atoms with Crippen LogP contribution in [-0.4, -0.2) is 78.0 Å². The lowest BCUT2D eigenvalue weighted by Crippen LogP contribution is -2.49. The van der Waals surface area contributed by atoms with Crippen molar-refractivity contribution in [2.75, 3.05) is 62.2 Å². The Morgan fingerprint density at radius 2 is 1.64 bits per heavy atom. The van der Waals surface area contributed by atoms with Crippen molar-refractivity contribution in [3.63, 3.8) is 0 Å². The lowest BCUT2D eigenvalue weighted by Gasteiger charge is -2.36. The zero-order chi connectivity index (χ0) is 25.3. The van der Waals surface area contributed by atoms with Gasteiger partial charge in [-0.25, -0.2) is 4.98 Å². The number of nitrogens with one attached hydrogen (secondary N) is 1. The number of nitrogens with zero attached hydrogens (tertiary/aromatic N) is 5. The molecule has 2 saturated heterocycles. The fourth-order valence-corrected chi connectivity index (χ4v) is 5.15. The van der Waals surface area contributed by atoms with Crippen LogP contribution in [0.25, 0.3) is 0 Å². The summed E-state index contributed by atoms with van der Waals surface area (Å²) in [4.78, 5) is 41.6. The van der Waals surface area contributed by atoms with Crippen LogP contribution in [0.15, 0.2) is 35.1 Å². The zero-order valence-electron chi connectivity index (χ0n) is 22.0. The Morgan fingerprint density at radius 1 is 0.917 bits per heavy atom. The van der Waals surface area contributed by atoms with E-state index in [-0.39, 0.29) is 11.5 Å². The molecule has 36 heavy (non-hydrogen) atoms. The molecule has 3 heterocycles. The minimum atomic E-state index is -0.112. The number of carbonyl (C=O) groups excluding carboxylic acids is 1. The topological polar surface area (TPSA) is 75.8 Å². The van der Waals surface area contributed by atoms with E-state index >= 15 is 0 Å². The lowest BCUT2D eigenvalue weighted by atomic mass is 10.1. The van der Waals surface area contributed by atoms with Gasteiger partial charge in [0.1, 0.15) is 0 Å². The van der Waals surface area contributed by atoms with Gasteiger partial charge < -0.3 is 14.7 Å². The summed E-state index contributed by atoms with van der Waals surface area (Å²) < 4.78 is 0. The molecule has 2 aliphatic heterocycles. The van der Waals surface area contributed by atoms with Gasteiger partial charge in [0.05, 0.1) is 5.69 Å². The van der Waals surface area contributed by atoms with Crippen LogP contribution in [0.4, 0.5) is 11.6 Å². The van der Waals surface area contributed by atoms with Gasteiger partial charge in [0.2, 0.25) is 11.9 Å². The quantitative estimate of drug-likeness (QED) is 0.510. The minimum Gasteiger partial charge on any atom is -0.369 e. The molecule has 1 amide bonds. The molecule has 0 radical (unpaired) electrons. The molecular formula is C28H42N6O2. The molecule has 8 nitrogen and oxygen atoms in total. The first-order chi connectivity index (χ1) is 17.5. The van der Waals surface area contributed by atoms with Gasteiger partial charge in [-0.15, -0.1) is 0 Å². The number of rotatable bonds is 10. The second-order valence-electron chi connectivity index (χ2n) is 10.2. The predicted octanol–water partition coefficient (Wildman–Crippen LogP) is 3.41. The Balaban J connectivity index is 1.26. The zero-order valence-corrected chi connectivity index (χ0v) is 22.0. The molecule has 4 rings (SSSR count). The number of amides is 1. The Bertz CT molecular complexity index is 1040. The standard InChI is InChI=1S/C28H42N6O2/c1-3-4-5-6-7-11-27(36)33-16-18-34(19-17-33)28-29-24(21-26(35)30-28)22-31-12-14-32(15-13-31)25-10-8-9-23(2)20-25/h8-10,20-21H,3-7,11-19,22H2,1-2H3,(H,29,30,35). The normalized spacial score (nSPS) is 17.0. The average molecular weight is 495 g/mol. The highest BCUT2D eigenvalue weighted by molar-refractivity contribution is 5.76. The maximum atomic E-state index is 12.6. The van der Waals surface area contributed by atoms with Gasteiger partial charge in [0.25, 0.3) is 5.56 Å². The molecule has 2 aromatic rings. The van der Waals surface area contributed by atoms with Gasteiger partial charge in [-0.1, -0.05) is 44.7 Å². The van der Waals surface area contributed by atoms with Crippen LogP contribution in [0.2, 0.25) is 0 Å². The molecule has 196 valence electrons. The first kappa shape index (κ1) is 26.2. The molecule has 0 saturated carbocycles. The minimum absolute atomic E-state index is 0.112. The van der Waals surface area contributed by atoms with E-state index in [0.717, 1.165) is 44.7 Å². The molecule has 1 aromatic heterocycles. The summed E-state index contributed by atoms with van der Waals surface area (Å²) in [6.45, 7) is 11.6. The van der Waals surface area contributed by atoms with E-state index in [2.05, 4.69) is 57.8 Å². The van der Waals surface area contributed by atoms with Crippen LogP contribution in [0.3, 0.4) is 0 Å². The summed E-state index contributed by atoms with van der Waals surface area (Å²) in [6, 6.07) is 10.3. The smallest absolute Gasteiger partial charge is 0.252 e. The number of H-pyrrole nitrogens is 1. The number of aromatic nitrogens is 2. The van der Waals surface area contributed by atoms with Crippen LogP contribution in [0.1, 0.15) is 56.7 Å². The monoisotopic (exact) mass is 494 g/mol. The highest BCUT2D eigenvalue weighted by Gasteiger charge is 2.23. The Hall–Kier alpha value is -2.87. The van der Waals surface area contributed by atoms with Crippen molar-refractivity contribution in [2.24, 2.45) is 0 Å². The maximum Gasteiger partial charge on any atom is 0.252 e. The molecule has 0 bridgehead atoms. The van der Waals surface area contributed by atoms with E-state index in [1.807, 2.05) is 4.90 Å². The Kier molecular flexibility index (Phi) is 9.39. The summed E-state index contributed by atoms with van der Waals surface area (Å²) in [5.74, 6) is 0.883. The Morgan fingerprint density at radius 3 is 2.36 bits per heavy atom. The molecule has 0 unspecified atom stereocenters. The molecule has 0 aliphatic carbocycles. The summed E-state index contributed by atoms with van der Waals surface area (Å²) in [7, 11) is 0. The number of anilines is 2. The summed E-state index contributed by atoms with van der Waals surface area (Å²) >= 11 is 0. The van der Waals surface area contributed by atoms with Crippen molar-refractivity contribution in [1.29, 1.82) is 0 Å². The first-order valence-corrected chi connectivity index (χ1v) is 13.7. The highest BCUT2D eigenvalue weighted by atomic mass is 16.2. The van der Waals surface area contributed by atoms with E-state index in [0.29, 0.717) is 45.1 Å². The second kappa shape index (κ2) is 12.9.